The number of nitrogens with zero attached hydrogens (tertiary/aromatic N) is 1. The molecule has 0 unspecified atom stereocenters. The third-order valence-corrected chi connectivity index (χ3v) is 6.60. The molecular formula is C11H15ClN2O3S2. The summed E-state index contributed by atoms with van der Waals surface area (Å²) in [5.41, 5.74) is 0. The first-order chi connectivity index (χ1) is 8.89. The average Bonchev–Trinajstić information content (AvgIpc) is 2.76. The van der Waals surface area contributed by atoms with Crippen molar-refractivity contribution in [3.63, 3.8) is 0 Å². The molecule has 2 rings (SSSR count). The summed E-state index contributed by atoms with van der Waals surface area (Å²) in [5, 5.41) is 2.82. The van der Waals surface area contributed by atoms with Gasteiger partial charge in [0.15, 0.2) is 0 Å². The molecule has 1 aromatic heterocycles. The van der Waals surface area contributed by atoms with E-state index in [0.29, 0.717) is 30.3 Å². The third-order valence-electron chi connectivity index (χ3n) is 3.00. The zero-order valence-corrected chi connectivity index (χ0v) is 12.8. The van der Waals surface area contributed by atoms with Crippen LogP contribution in [0.25, 0.3) is 0 Å². The van der Waals surface area contributed by atoms with Crippen molar-refractivity contribution in [1.29, 1.82) is 0 Å². The maximum absolute atomic E-state index is 12.3. The number of amides is 1. The fourth-order valence-corrected chi connectivity index (χ4v) is 5.20. The number of rotatable bonds is 3. The topological polar surface area (TPSA) is 66.5 Å². The highest BCUT2D eigenvalue weighted by atomic mass is 35.5. The lowest BCUT2D eigenvalue weighted by atomic mass is 10.1. The van der Waals surface area contributed by atoms with Crippen molar-refractivity contribution in [2.24, 2.45) is 0 Å². The van der Waals surface area contributed by atoms with Crippen LogP contribution in [0.1, 0.15) is 19.8 Å². The van der Waals surface area contributed by atoms with Gasteiger partial charge in [-0.2, -0.15) is 4.31 Å². The van der Waals surface area contributed by atoms with Gasteiger partial charge < -0.3 is 5.32 Å². The second kappa shape index (κ2) is 5.78. The van der Waals surface area contributed by atoms with Gasteiger partial charge in [0.25, 0.3) is 10.0 Å². The van der Waals surface area contributed by atoms with Crippen LogP contribution in [0.4, 0.5) is 0 Å². The molecule has 19 heavy (non-hydrogen) atoms. The van der Waals surface area contributed by atoms with E-state index in [-0.39, 0.29) is 16.2 Å². The van der Waals surface area contributed by atoms with Gasteiger partial charge in [-0.1, -0.05) is 11.6 Å². The lowest BCUT2D eigenvalue weighted by Crippen LogP contribution is -2.45. The van der Waals surface area contributed by atoms with E-state index in [1.165, 1.54) is 17.3 Å². The van der Waals surface area contributed by atoms with Gasteiger partial charge in [0.1, 0.15) is 4.21 Å². The van der Waals surface area contributed by atoms with Crippen LogP contribution < -0.4 is 5.32 Å². The van der Waals surface area contributed by atoms with Gasteiger partial charge in [0, 0.05) is 26.1 Å². The van der Waals surface area contributed by atoms with Crippen molar-refractivity contribution in [2.45, 2.75) is 30.0 Å². The van der Waals surface area contributed by atoms with Crippen molar-refractivity contribution in [2.75, 3.05) is 13.1 Å². The Hall–Kier alpha value is -0.630. The third kappa shape index (κ3) is 3.47. The molecule has 5 nitrogen and oxygen atoms in total. The summed E-state index contributed by atoms with van der Waals surface area (Å²) < 4.78 is 26.8. The van der Waals surface area contributed by atoms with Gasteiger partial charge in [0.05, 0.1) is 4.34 Å². The van der Waals surface area contributed by atoms with E-state index < -0.39 is 10.0 Å². The smallest absolute Gasteiger partial charge is 0.252 e. The molecule has 2 heterocycles. The average molecular weight is 323 g/mol. The Kier molecular flexibility index (Phi) is 4.50. The van der Waals surface area contributed by atoms with Crippen LogP contribution in [0.15, 0.2) is 16.3 Å². The van der Waals surface area contributed by atoms with Crippen molar-refractivity contribution in [3.05, 3.63) is 16.5 Å². The van der Waals surface area contributed by atoms with Crippen LogP contribution in [0, 0.1) is 0 Å². The molecule has 0 aliphatic carbocycles. The Morgan fingerprint density at radius 3 is 2.53 bits per heavy atom. The van der Waals surface area contributed by atoms with Gasteiger partial charge >= 0.3 is 0 Å². The van der Waals surface area contributed by atoms with Crippen LogP contribution >= 0.6 is 22.9 Å². The van der Waals surface area contributed by atoms with Gasteiger partial charge in [-0.25, -0.2) is 8.42 Å². The lowest BCUT2D eigenvalue weighted by molar-refractivity contribution is -0.119. The normalized spacial score (nSPS) is 18.4. The Bertz CT molecular complexity index is 562. The molecule has 1 amide bonds. The molecule has 1 aliphatic rings. The summed E-state index contributed by atoms with van der Waals surface area (Å²) in [6.07, 6.45) is 1.27. The van der Waals surface area contributed by atoms with Crippen LogP contribution in [0.3, 0.4) is 0 Å². The number of hydrogen-bond acceptors (Lipinski definition) is 4. The monoisotopic (exact) mass is 322 g/mol. The molecule has 0 atom stereocenters. The molecule has 1 aromatic rings. The first-order valence-corrected chi connectivity index (χ1v) is 8.55. The molecule has 0 saturated carbocycles. The summed E-state index contributed by atoms with van der Waals surface area (Å²) >= 11 is 6.84. The zero-order chi connectivity index (χ0) is 14.0. The number of nitrogens with one attached hydrogen (secondary N) is 1. The Labute approximate surface area is 121 Å². The summed E-state index contributed by atoms with van der Waals surface area (Å²) in [6.45, 7) is 2.31. The van der Waals surface area contributed by atoms with Crippen molar-refractivity contribution in [1.82, 2.24) is 9.62 Å². The summed E-state index contributed by atoms with van der Waals surface area (Å²) in [7, 11) is -3.44. The van der Waals surface area contributed by atoms with Crippen LogP contribution in [-0.2, 0) is 14.8 Å². The second-order valence-corrected chi connectivity index (χ2v) is 8.32. The number of carbonyl (C=O) groups excluding carboxylic acids is 1. The fraction of sp³-hybridized carbons (Fsp3) is 0.545. The largest absolute Gasteiger partial charge is 0.354 e. The van der Waals surface area contributed by atoms with Crippen LogP contribution in [0.2, 0.25) is 4.34 Å². The van der Waals surface area contributed by atoms with E-state index in [0.717, 1.165) is 11.3 Å². The second-order valence-electron chi connectivity index (χ2n) is 4.44. The number of hydrogen-bond donors (Lipinski definition) is 1. The van der Waals surface area contributed by atoms with Crippen LogP contribution in [-0.4, -0.2) is 37.8 Å². The minimum absolute atomic E-state index is 0.0656. The van der Waals surface area contributed by atoms with E-state index in [9.17, 15) is 13.2 Å². The zero-order valence-electron chi connectivity index (χ0n) is 10.4. The van der Waals surface area contributed by atoms with E-state index in [4.69, 9.17) is 11.6 Å². The molecule has 0 bridgehead atoms. The highest BCUT2D eigenvalue weighted by Crippen LogP contribution is 2.29. The van der Waals surface area contributed by atoms with Crippen LogP contribution in [0.5, 0.6) is 0 Å². The summed E-state index contributed by atoms with van der Waals surface area (Å²) in [4.78, 5) is 11.0. The van der Waals surface area contributed by atoms with Crippen molar-refractivity contribution >= 4 is 38.9 Å². The maximum atomic E-state index is 12.3. The van der Waals surface area contributed by atoms with E-state index in [1.807, 2.05) is 0 Å². The quantitative estimate of drug-likeness (QED) is 0.921. The highest BCUT2D eigenvalue weighted by molar-refractivity contribution is 7.91. The molecule has 1 aliphatic heterocycles. The molecule has 1 N–H and O–H groups in total. The molecule has 8 heteroatoms. The first-order valence-electron chi connectivity index (χ1n) is 5.92. The predicted octanol–water partition coefficient (Wildman–Crippen LogP) is 1.69. The lowest BCUT2D eigenvalue weighted by Gasteiger charge is -2.30. The molecule has 0 spiro atoms. The molecule has 106 valence electrons. The van der Waals surface area contributed by atoms with Gasteiger partial charge in [-0.05, 0) is 25.0 Å². The Balaban J connectivity index is 2.03. The Morgan fingerprint density at radius 2 is 2.05 bits per heavy atom. The number of carbonyl (C=O) groups is 1. The van der Waals surface area contributed by atoms with Gasteiger partial charge in [-0.15, -0.1) is 11.3 Å². The molecule has 1 fully saturated rings. The predicted molar refractivity (Wildman–Crippen MR) is 74.9 cm³/mol. The summed E-state index contributed by atoms with van der Waals surface area (Å²) in [6, 6.07) is 3.18. The van der Waals surface area contributed by atoms with E-state index >= 15 is 0 Å². The van der Waals surface area contributed by atoms with Crippen molar-refractivity contribution in [3.8, 4) is 0 Å². The SMILES string of the molecule is CC(=O)NC1CCN(S(=O)(=O)c2ccc(Cl)s2)CC1. The standard InChI is InChI=1S/C11H15ClN2O3S2/c1-8(15)13-9-4-6-14(7-5-9)19(16,17)11-3-2-10(12)18-11/h2-3,9H,4-7H2,1H3,(H,13,15). The Morgan fingerprint density at radius 1 is 1.42 bits per heavy atom. The van der Waals surface area contributed by atoms with Gasteiger partial charge in [0.2, 0.25) is 5.91 Å². The molecular weight excluding hydrogens is 308 g/mol. The number of sulfonamides is 1. The summed E-state index contributed by atoms with van der Waals surface area (Å²) in [5.74, 6) is -0.0775. The van der Waals surface area contributed by atoms with Crippen molar-refractivity contribution < 1.29 is 13.2 Å². The minimum Gasteiger partial charge on any atom is -0.354 e. The first kappa shape index (κ1) is 14.8. The highest BCUT2D eigenvalue weighted by Gasteiger charge is 2.30. The minimum atomic E-state index is -3.44. The number of thiophene rings is 1. The maximum Gasteiger partial charge on any atom is 0.252 e. The van der Waals surface area contributed by atoms with Gasteiger partial charge in [-0.3, -0.25) is 4.79 Å². The van der Waals surface area contributed by atoms with E-state index in [2.05, 4.69) is 5.32 Å². The number of halogens is 1. The van der Waals surface area contributed by atoms with E-state index in [1.54, 1.807) is 6.07 Å². The molecule has 0 aromatic carbocycles. The fourth-order valence-electron chi connectivity index (χ4n) is 2.09. The molecule has 0 radical (unpaired) electrons. The molecule has 1 saturated heterocycles. The number of piperidine rings is 1.